The molecule has 0 spiro atoms. The zero-order valence-electron chi connectivity index (χ0n) is 15.4. The lowest BCUT2D eigenvalue weighted by molar-refractivity contribution is -0.00592. The van der Waals surface area contributed by atoms with E-state index in [1.807, 2.05) is 0 Å². The molecule has 0 unspecified atom stereocenters. The molecule has 3 aromatic rings. The van der Waals surface area contributed by atoms with E-state index < -0.39 is 35.4 Å². The predicted octanol–water partition coefficient (Wildman–Crippen LogP) is 5.29. The number of carbonyl (C=O) groups is 1. The van der Waals surface area contributed by atoms with Crippen LogP contribution in [-0.4, -0.2) is 15.7 Å². The van der Waals surface area contributed by atoms with Crippen LogP contribution in [0.3, 0.4) is 0 Å². The van der Waals surface area contributed by atoms with Crippen LogP contribution in [0, 0.1) is 11.6 Å². The highest BCUT2D eigenvalue weighted by Gasteiger charge is 2.33. The molecule has 0 saturated heterocycles. The first-order valence-corrected chi connectivity index (χ1v) is 8.62. The summed E-state index contributed by atoms with van der Waals surface area (Å²) in [5.74, 6) is -6.00. The predicted molar refractivity (Wildman–Crippen MR) is 102 cm³/mol. The molecule has 0 aliphatic carbocycles. The zero-order valence-corrected chi connectivity index (χ0v) is 15.4. The molecule has 1 aromatic heterocycles. The van der Waals surface area contributed by atoms with Crippen molar-refractivity contribution in [2.75, 3.05) is 5.32 Å². The lowest BCUT2D eigenvalue weighted by Crippen LogP contribution is -2.15. The fraction of sp³-hybridized carbons (Fsp3) is 0.143. The van der Waals surface area contributed by atoms with E-state index >= 15 is 0 Å². The molecule has 29 heavy (non-hydrogen) atoms. The first-order valence-electron chi connectivity index (χ1n) is 8.62. The molecular weight excluding hydrogens is 386 g/mol. The van der Waals surface area contributed by atoms with Gasteiger partial charge in [0.05, 0.1) is 5.69 Å². The normalized spacial score (nSPS) is 11.3. The van der Waals surface area contributed by atoms with Gasteiger partial charge in [-0.25, -0.2) is 8.78 Å². The molecule has 1 N–H and O–H groups in total. The number of aromatic nitrogens is 2. The lowest BCUT2D eigenvalue weighted by Gasteiger charge is -2.09. The summed E-state index contributed by atoms with van der Waals surface area (Å²) < 4.78 is 56.8. The standard InChI is InChI=1S/C21H17F4N3O/c1-3-11-21(24,25)18-12-17(28(2)27-18)13-7-9-14(10-8-13)26-20(29)19-15(22)5-4-6-16(19)23/h3-10,12H,1,11H2,2H3,(H,26,29). The maximum absolute atomic E-state index is 14.0. The van der Waals surface area contributed by atoms with Crippen LogP contribution in [0.5, 0.6) is 0 Å². The Morgan fingerprint density at radius 2 is 1.79 bits per heavy atom. The summed E-state index contributed by atoms with van der Waals surface area (Å²) in [7, 11) is 1.54. The highest BCUT2D eigenvalue weighted by atomic mass is 19.3. The monoisotopic (exact) mass is 403 g/mol. The van der Waals surface area contributed by atoms with Crippen molar-refractivity contribution >= 4 is 11.6 Å². The number of nitrogens with zero attached hydrogens (tertiary/aromatic N) is 2. The number of hydrogen-bond donors (Lipinski definition) is 1. The second-order valence-electron chi connectivity index (χ2n) is 6.36. The van der Waals surface area contributed by atoms with Crippen molar-refractivity contribution < 1.29 is 22.4 Å². The minimum absolute atomic E-state index is 0.292. The van der Waals surface area contributed by atoms with E-state index in [-0.39, 0.29) is 5.69 Å². The van der Waals surface area contributed by atoms with E-state index in [0.29, 0.717) is 16.9 Å². The number of benzene rings is 2. The van der Waals surface area contributed by atoms with Gasteiger partial charge in [-0.15, -0.1) is 6.58 Å². The molecule has 0 bridgehead atoms. The van der Waals surface area contributed by atoms with Gasteiger partial charge in [-0.2, -0.15) is 13.9 Å². The van der Waals surface area contributed by atoms with Crippen molar-refractivity contribution in [1.29, 1.82) is 0 Å². The molecule has 150 valence electrons. The number of halogens is 4. The maximum atomic E-state index is 14.0. The largest absolute Gasteiger partial charge is 0.322 e. The molecular formula is C21H17F4N3O. The van der Waals surface area contributed by atoms with Crippen LogP contribution >= 0.6 is 0 Å². The third-order valence-corrected chi connectivity index (χ3v) is 4.28. The van der Waals surface area contributed by atoms with Gasteiger partial charge in [-0.1, -0.05) is 24.3 Å². The Balaban J connectivity index is 1.82. The number of nitrogens with one attached hydrogen (secondary N) is 1. The molecule has 4 nitrogen and oxygen atoms in total. The van der Waals surface area contributed by atoms with E-state index in [9.17, 15) is 22.4 Å². The SMILES string of the molecule is C=CCC(F)(F)c1cc(-c2ccc(NC(=O)c3c(F)cccc3F)cc2)n(C)n1. The van der Waals surface area contributed by atoms with Gasteiger partial charge in [-0.05, 0) is 35.9 Å². The molecule has 0 aliphatic rings. The Bertz CT molecular complexity index is 1040. The van der Waals surface area contributed by atoms with Crippen molar-refractivity contribution in [3.05, 3.63) is 84.1 Å². The van der Waals surface area contributed by atoms with Gasteiger partial charge in [0, 0.05) is 19.2 Å². The molecule has 2 aromatic carbocycles. The summed E-state index contributed by atoms with van der Waals surface area (Å²) in [6.45, 7) is 3.33. The number of alkyl halides is 2. The Labute approximate surface area is 164 Å². The molecule has 0 aliphatic heterocycles. The average Bonchev–Trinajstić information content (AvgIpc) is 3.05. The van der Waals surface area contributed by atoms with Gasteiger partial charge in [0.15, 0.2) is 0 Å². The van der Waals surface area contributed by atoms with Gasteiger partial charge in [0.25, 0.3) is 11.8 Å². The summed E-state index contributed by atoms with van der Waals surface area (Å²) >= 11 is 0. The van der Waals surface area contributed by atoms with Crippen molar-refractivity contribution in [3.63, 3.8) is 0 Å². The number of allylic oxidation sites excluding steroid dienone is 1. The van der Waals surface area contributed by atoms with E-state index in [1.54, 1.807) is 19.2 Å². The van der Waals surface area contributed by atoms with Gasteiger partial charge < -0.3 is 5.32 Å². The fourth-order valence-corrected chi connectivity index (χ4v) is 2.83. The average molecular weight is 403 g/mol. The van der Waals surface area contributed by atoms with Gasteiger partial charge in [0.1, 0.15) is 22.9 Å². The molecule has 8 heteroatoms. The number of amides is 1. The van der Waals surface area contributed by atoms with Crippen LogP contribution in [0.25, 0.3) is 11.3 Å². The topological polar surface area (TPSA) is 46.9 Å². The molecule has 1 heterocycles. The summed E-state index contributed by atoms with van der Waals surface area (Å²) in [5, 5.41) is 6.28. The molecule has 1 amide bonds. The number of hydrogen-bond acceptors (Lipinski definition) is 2. The van der Waals surface area contributed by atoms with E-state index in [1.165, 1.54) is 22.9 Å². The summed E-state index contributed by atoms with van der Waals surface area (Å²) in [6.07, 6.45) is 0.602. The Kier molecular flexibility index (Phi) is 5.54. The zero-order chi connectivity index (χ0) is 21.2. The van der Waals surface area contributed by atoms with Crippen LogP contribution in [0.2, 0.25) is 0 Å². The van der Waals surface area contributed by atoms with E-state index in [2.05, 4.69) is 17.0 Å². The number of aryl methyl sites for hydroxylation is 1. The van der Waals surface area contributed by atoms with E-state index in [0.717, 1.165) is 24.3 Å². The third-order valence-electron chi connectivity index (χ3n) is 4.28. The molecule has 0 atom stereocenters. The first-order chi connectivity index (χ1) is 13.7. The van der Waals surface area contributed by atoms with Crippen LogP contribution in [0.1, 0.15) is 22.5 Å². The fourth-order valence-electron chi connectivity index (χ4n) is 2.83. The summed E-state index contributed by atoms with van der Waals surface area (Å²) in [6, 6.07) is 10.6. The smallest absolute Gasteiger partial charge is 0.294 e. The Morgan fingerprint density at radius 3 is 2.38 bits per heavy atom. The van der Waals surface area contributed by atoms with Crippen LogP contribution < -0.4 is 5.32 Å². The Morgan fingerprint density at radius 1 is 1.17 bits per heavy atom. The first kappa shape index (κ1) is 20.3. The highest BCUT2D eigenvalue weighted by molar-refractivity contribution is 6.04. The van der Waals surface area contributed by atoms with Crippen molar-refractivity contribution in [2.45, 2.75) is 12.3 Å². The van der Waals surface area contributed by atoms with Gasteiger partial charge in [-0.3, -0.25) is 9.48 Å². The quantitative estimate of drug-likeness (QED) is 0.449. The summed E-state index contributed by atoms with van der Waals surface area (Å²) in [5.41, 5.74) is 0.262. The number of anilines is 1. The van der Waals surface area contributed by atoms with Crippen molar-refractivity contribution in [3.8, 4) is 11.3 Å². The van der Waals surface area contributed by atoms with E-state index in [4.69, 9.17) is 0 Å². The number of carbonyl (C=O) groups excluding carboxylic acids is 1. The van der Waals surface area contributed by atoms with Crippen molar-refractivity contribution in [1.82, 2.24) is 9.78 Å². The maximum Gasteiger partial charge on any atom is 0.294 e. The minimum atomic E-state index is -3.13. The van der Waals surface area contributed by atoms with Crippen LogP contribution in [0.4, 0.5) is 23.2 Å². The number of rotatable bonds is 6. The van der Waals surface area contributed by atoms with Crippen LogP contribution in [0.15, 0.2) is 61.2 Å². The second-order valence-corrected chi connectivity index (χ2v) is 6.36. The minimum Gasteiger partial charge on any atom is -0.322 e. The van der Waals surface area contributed by atoms with Gasteiger partial charge in [0.2, 0.25) is 0 Å². The third kappa shape index (κ3) is 4.21. The Hall–Kier alpha value is -3.42. The molecule has 0 radical (unpaired) electrons. The lowest BCUT2D eigenvalue weighted by atomic mass is 10.1. The molecule has 3 rings (SSSR count). The van der Waals surface area contributed by atoms with Crippen LogP contribution in [-0.2, 0) is 13.0 Å². The summed E-state index contributed by atoms with van der Waals surface area (Å²) in [4.78, 5) is 12.1. The van der Waals surface area contributed by atoms with Crippen molar-refractivity contribution in [2.24, 2.45) is 7.05 Å². The molecule has 0 fully saturated rings. The molecule has 0 saturated carbocycles. The second kappa shape index (κ2) is 7.90. The highest BCUT2D eigenvalue weighted by Crippen LogP contribution is 2.33. The van der Waals surface area contributed by atoms with Gasteiger partial charge >= 0.3 is 0 Å².